The van der Waals surface area contributed by atoms with E-state index in [1.165, 1.54) is 24.8 Å². The minimum atomic E-state index is 0.148. The maximum Gasteiger partial charge on any atom is 0.0445 e. The van der Waals surface area contributed by atoms with E-state index in [0.717, 1.165) is 26.1 Å². The summed E-state index contributed by atoms with van der Waals surface area (Å²) in [6.07, 6.45) is 4.70. The number of hydrogen-bond donors (Lipinski definition) is 2. The number of rotatable bonds is 6. The summed E-state index contributed by atoms with van der Waals surface area (Å²) in [6, 6.07) is 0.551. The van der Waals surface area contributed by atoms with Gasteiger partial charge in [0, 0.05) is 31.3 Å². The van der Waals surface area contributed by atoms with Gasteiger partial charge in [0.1, 0.15) is 0 Å². The van der Waals surface area contributed by atoms with E-state index in [2.05, 4.69) is 37.6 Å². The van der Waals surface area contributed by atoms with Crippen molar-refractivity contribution < 1.29 is 5.11 Å². The monoisotopic (exact) mass is 254 g/mol. The van der Waals surface area contributed by atoms with Crippen LogP contribution < -0.4 is 5.32 Å². The molecule has 3 nitrogen and oxygen atoms in total. The van der Waals surface area contributed by atoms with E-state index in [-0.39, 0.29) is 5.54 Å². The second kappa shape index (κ2) is 7.27. The van der Waals surface area contributed by atoms with Crippen LogP contribution in [0.1, 0.15) is 46.5 Å². The average Bonchev–Trinajstić information content (AvgIpc) is 2.29. The molecule has 0 aromatic rings. The van der Waals surface area contributed by atoms with Gasteiger partial charge in [0.2, 0.25) is 0 Å². The van der Waals surface area contributed by atoms with Gasteiger partial charge in [0.05, 0.1) is 0 Å². The Morgan fingerprint density at radius 3 is 2.72 bits per heavy atom. The number of likely N-dealkylation sites (tertiary alicyclic amines) is 1. The van der Waals surface area contributed by atoms with Crippen LogP contribution in [0.4, 0.5) is 0 Å². The molecule has 1 heterocycles. The maximum absolute atomic E-state index is 9.12. The summed E-state index contributed by atoms with van der Waals surface area (Å²) in [4.78, 5) is 2.49. The SMILES string of the molecule is C=C(CNC(C)(C)C)CN1CCCCC1CCO. The molecule has 0 bridgehead atoms. The molecule has 1 fully saturated rings. The fourth-order valence-electron chi connectivity index (χ4n) is 2.48. The van der Waals surface area contributed by atoms with Crippen molar-refractivity contribution in [3.05, 3.63) is 12.2 Å². The van der Waals surface area contributed by atoms with Crippen molar-refractivity contribution in [2.24, 2.45) is 0 Å². The van der Waals surface area contributed by atoms with Crippen LogP contribution in [0.25, 0.3) is 0 Å². The van der Waals surface area contributed by atoms with Crippen LogP contribution >= 0.6 is 0 Å². The van der Waals surface area contributed by atoms with Crippen molar-refractivity contribution in [1.82, 2.24) is 10.2 Å². The molecule has 0 aromatic heterocycles. The zero-order valence-electron chi connectivity index (χ0n) is 12.3. The first kappa shape index (κ1) is 15.7. The second-order valence-electron chi connectivity index (χ2n) is 6.49. The van der Waals surface area contributed by atoms with E-state index >= 15 is 0 Å². The molecule has 0 saturated carbocycles. The fraction of sp³-hybridized carbons (Fsp3) is 0.867. The molecule has 1 atom stereocenters. The summed E-state index contributed by atoms with van der Waals surface area (Å²) in [7, 11) is 0. The minimum absolute atomic E-state index is 0.148. The van der Waals surface area contributed by atoms with E-state index in [0.29, 0.717) is 12.6 Å². The van der Waals surface area contributed by atoms with E-state index in [9.17, 15) is 0 Å². The van der Waals surface area contributed by atoms with Crippen LogP contribution in [0, 0.1) is 0 Å². The van der Waals surface area contributed by atoms with Crippen LogP contribution in [0.2, 0.25) is 0 Å². The molecular weight excluding hydrogens is 224 g/mol. The summed E-state index contributed by atoms with van der Waals surface area (Å²) in [5.74, 6) is 0. The van der Waals surface area contributed by atoms with Crippen molar-refractivity contribution in [1.29, 1.82) is 0 Å². The van der Waals surface area contributed by atoms with Gasteiger partial charge in [-0.15, -0.1) is 0 Å². The molecule has 18 heavy (non-hydrogen) atoms. The lowest BCUT2D eigenvalue weighted by Crippen LogP contribution is -2.43. The van der Waals surface area contributed by atoms with Gasteiger partial charge in [-0.2, -0.15) is 0 Å². The quantitative estimate of drug-likeness (QED) is 0.713. The molecule has 106 valence electrons. The second-order valence-corrected chi connectivity index (χ2v) is 6.49. The van der Waals surface area contributed by atoms with Gasteiger partial charge in [0.15, 0.2) is 0 Å². The molecule has 0 radical (unpaired) electrons. The molecular formula is C15H30N2O. The molecule has 1 aliphatic rings. The topological polar surface area (TPSA) is 35.5 Å². The number of aliphatic hydroxyl groups excluding tert-OH is 1. The Labute approximate surface area is 112 Å². The van der Waals surface area contributed by atoms with Crippen LogP contribution in [-0.2, 0) is 0 Å². The lowest BCUT2D eigenvalue weighted by molar-refractivity contribution is 0.128. The Kier molecular flexibility index (Phi) is 6.33. The van der Waals surface area contributed by atoms with E-state index in [1.54, 1.807) is 0 Å². The lowest BCUT2D eigenvalue weighted by Gasteiger charge is -2.36. The summed E-state index contributed by atoms with van der Waals surface area (Å²) in [5.41, 5.74) is 1.39. The van der Waals surface area contributed by atoms with E-state index in [4.69, 9.17) is 5.11 Å². The number of nitrogens with one attached hydrogen (secondary N) is 1. The van der Waals surface area contributed by atoms with Gasteiger partial charge in [-0.05, 0) is 52.2 Å². The van der Waals surface area contributed by atoms with Gasteiger partial charge in [-0.3, -0.25) is 4.90 Å². The predicted octanol–water partition coefficient (Wildman–Crippen LogP) is 2.17. The first-order valence-corrected chi connectivity index (χ1v) is 7.19. The normalized spacial score (nSPS) is 22.1. The summed E-state index contributed by atoms with van der Waals surface area (Å²) in [5, 5.41) is 12.6. The molecule has 3 heteroatoms. The molecule has 1 rings (SSSR count). The molecule has 0 spiro atoms. The highest BCUT2D eigenvalue weighted by atomic mass is 16.3. The Bertz CT molecular complexity index is 256. The van der Waals surface area contributed by atoms with Crippen molar-refractivity contribution in [3.8, 4) is 0 Å². The Morgan fingerprint density at radius 2 is 2.11 bits per heavy atom. The molecule has 2 N–H and O–H groups in total. The van der Waals surface area contributed by atoms with Crippen molar-refractivity contribution in [3.63, 3.8) is 0 Å². The van der Waals surface area contributed by atoms with Crippen molar-refractivity contribution in [2.75, 3.05) is 26.2 Å². The molecule has 0 aromatic carbocycles. The standard InChI is InChI=1S/C15H30N2O/c1-13(11-16-15(2,3)4)12-17-9-6-5-7-14(17)8-10-18/h14,16,18H,1,5-12H2,2-4H3. The van der Waals surface area contributed by atoms with Gasteiger partial charge < -0.3 is 10.4 Å². The number of nitrogens with zero attached hydrogens (tertiary/aromatic N) is 1. The lowest BCUT2D eigenvalue weighted by atomic mass is 9.99. The number of hydrogen-bond acceptors (Lipinski definition) is 3. The van der Waals surface area contributed by atoms with Gasteiger partial charge >= 0.3 is 0 Å². The van der Waals surface area contributed by atoms with Crippen LogP contribution in [0.15, 0.2) is 12.2 Å². The summed E-state index contributed by atoms with van der Waals surface area (Å²) < 4.78 is 0. The Morgan fingerprint density at radius 1 is 1.39 bits per heavy atom. The third-order valence-electron chi connectivity index (χ3n) is 3.51. The van der Waals surface area contributed by atoms with Gasteiger partial charge in [-0.25, -0.2) is 0 Å². The van der Waals surface area contributed by atoms with E-state index in [1.807, 2.05) is 0 Å². The van der Waals surface area contributed by atoms with E-state index < -0.39 is 0 Å². The number of piperidine rings is 1. The summed E-state index contributed by atoms with van der Waals surface area (Å²) >= 11 is 0. The minimum Gasteiger partial charge on any atom is -0.396 e. The van der Waals surface area contributed by atoms with Crippen LogP contribution in [-0.4, -0.2) is 47.8 Å². The first-order chi connectivity index (χ1) is 8.42. The summed E-state index contributed by atoms with van der Waals surface area (Å²) in [6.45, 7) is 14.0. The fourth-order valence-corrected chi connectivity index (χ4v) is 2.48. The maximum atomic E-state index is 9.12. The zero-order chi connectivity index (χ0) is 13.6. The highest BCUT2D eigenvalue weighted by Gasteiger charge is 2.22. The number of aliphatic hydroxyl groups is 1. The van der Waals surface area contributed by atoms with Gasteiger partial charge in [0.25, 0.3) is 0 Å². The molecule has 1 unspecified atom stereocenters. The third-order valence-corrected chi connectivity index (χ3v) is 3.51. The van der Waals surface area contributed by atoms with Crippen LogP contribution in [0.5, 0.6) is 0 Å². The van der Waals surface area contributed by atoms with Crippen molar-refractivity contribution >= 4 is 0 Å². The molecule has 0 aliphatic carbocycles. The van der Waals surface area contributed by atoms with Crippen LogP contribution in [0.3, 0.4) is 0 Å². The third kappa shape index (κ3) is 5.98. The van der Waals surface area contributed by atoms with Gasteiger partial charge in [-0.1, -0.05) is 13.0 Å². The predicted molar refractivity (Wildman–Crippen MR) is 77.8 cm³/mol. The Balaban J connectivity index is 2.36. The highest BCUT2D eigenvalue weighted by Crippen LogP contribution is 2.20. The molecule has 1 aliphatic heterocycles. The zero-order valence-corrected chi connectivity index (χ0v) is 12.3. The Hall–Kier alpha value is -0.380. The highest BCUT2D eigenvalue weighted by molar-refractivity contribution is 5.02. The molecule has 1 saturated heterocycles. The molecule has 0 amide bonds. The smallest absolute Gasteiger partial charge is 0.0445 e. The largest absolute Gasteiger partial charge is 0.396 e. The average molecular weight is 254 g/mol. The first-order valence-electron chi connectivity index (χ1n) is 7.19. The van der Waals surface area contributed by atoms with Crippen molar-refractivity contribution in [2.45, 2.75) is 58.0 Å².